The maximum absolute atomic E-state index is 11.9. The maximum Gasteiger partial charge on any atom is 0.407 e. The molecule has 0 bridgehead atoms. The van der Waals surface area contributed by atoms with Crippen molar-refractivity contribution in [1.82, 2.24) is 30.2 Å². The molecule has 0 atom stereocenters. The van der Waals surface area contributed by atoms with Gasteiger partial charge in [0.15, 0.2) is 17.3 Å². The first-order valence-electron chi connectivity index (χ1n) is 9.29. The van der Waals surface area contributed by atoms with Gasteiger partial charge in [0.25, 0.3) is 0 Å². The Kier molecular flexibility index (Phi) is 4.82. The number of nitrogens with one attached hydrogen (secondary N) is 1. The number of ether oxygens (including phenoxy) is 1. The average molecular weight is 407 g/mol. The van der Waals surface area contributed by atoms with Crippen LogP contribution in [0.3, 0.4) is 0 Å². The molecular formula is C20H21N7O3. The second-order valence-corrected chi connectivity index (χ2v) is 7.66. The molecule has 0 unspecified atom stereocenters. The minimum atomic E-state index is -0.542. The number of hydrogen-bond donors (Lipinski definition) is 2. The Morgan fingerprint density at radius 1 is 1.20 bits per heavy atom. The summed E-state index contributed by atoms with van der Waals surface area (Å²) in [6.07, 6.45) is 2.89. The molecule has 1 amide bonds. The van der Waals surface area contributed by atoms with Gasteiger partial charge in [-0.15, -0.1) is 0 Å². The largest absolute Gasteiger partial charge is 0.444 e. The summed E-state index contributed by atoms with van der Waals surface area (Å²) in [5.41, 5.74) is 8.97. The summed E-state index contributed by atoms with van der Waals surface area (Å²) in [4.78, 5) is 20.6. The monoisotopic (exact) mass is 407 g/mol. The van der Waals surface area contributed by atoms with Gasteiger partial charge in [0.2, 0.25) is 0 Å². The second kappa shape index (κ2) is 7.47. The van der Waals surface area contributed by atoms with Crippen molar-refractivity contribution in [3.63, 3.8) is 0 Å². The summed E-state index contributed by atoms with van der Waals surface area (Å²) < 4.78 is 11.9. The molecule has 154 valence electrons. The van der Waals surface area contributed by atoms with Gasteiger partial charge in [-0.3, -0.25) is 9.55 Å². The van der Waals surface area contributed by atoms with Crippen molar-refractivity contribution in [2.75, 3.05) is 5.73 Å². The Balaban J connectivity index is 1.63. The van der Waals surface area contributed by atoms with Crippen LogP contribution in [-0.2, 0) is 11.3 Å². The molecule has 0 spiro atoms. The van der Waals surface area contributed by atoms with Crippen molar-refractivity contribution >= 4 is 22.9 Å². The van der Waals surface area contributed by atoms with Crippen LogP contribution in [0.25, 0.3) is 28.2 Å². The van der Waals surface area contributed by atoms with E-state index in [0.717, 1.165) is 16.8 Å². The third-order valence-electron chi connectivity index (χ3n) is 4.21. The van der Waals surface area contributed by atoms with Crippen molar-refractivity contribution in [3.8, 4) is 17.2 Å². The predicted molar refractivity (Wildman–Crippen MR) is 110 cm³/mol. The Labute approximate surface area is 172 Å². The van der Waals surface area contributed by atoms with Crippen LogP contribution in [0.1, 0.15) is 26.3 Å². The fourth-order valence-electron chi connectivity index (χ4n) is 2.95. The summed E-state index contributed by atoms with van der Waals surface area (Å²) in [7, 11) is 0. The lowest BCUT2D eigenvalue weighted by Crippen LogP contribution is -2.32. The van der Waals surface area contributed by atoms with Crippen LogP contribution in [0.5, 0.6) is 0 Å². The number of carbonyl (C=O) groups excluding carboxylic acids is 1. The van der Waals surface area contributed by atoms with E-state index in [1.807, 2.05) is 55.7 Å². The van der Waals surface area contributed by atoms with E-state index in [1.54, 1.807) is 12.4 Å². The van der Waals surface area contributed by atoms with E-state index < -0.39 is 11.7 Å². The third kappa shape index (κ3) is 3.93. The fourth-order valence-corrected chi connectivity index (χ4v) is 2.95. The first kappa shape index (κ1) is 19.4. The van der Waals surface area contributed by atoms with E-state index in [0.29, 0.717) is 23.6 Å². The van der Waals surface area contributed by atoms with Gasteiger partial charge in [-0.05, 0) is 54.8 Å². The summed E-state index contributed by atoms with van der Waals surface area (Å²) in [5.74, 6) is 0.647. The second-order valence-electron chi connectivity index (χ2n) is 7.66. The lowest BCUT2D eigenvalue weighted by molar-refractivity contribution is 0.0523. The molecule has 10 nitrogen and oxygen atoms in total. The van der Waals surface area contributed by atoms with Gasteiger partial charge in [-0.25, -0.2) is 14.4 Å². The Morgan fingerprint density at radius 2 is 1.97 bits per heavy atom. The molecule has 0 saturated heterocycles. The number of anilines is 1. The average Bonchev–Trinajstić information content (AvgIpc) is 3.28. The normalized spacial score (nSPS) is 11.6. The van der Waals surface area contributed by atoms with E-state index in [-0.39, 0.29) is 5.82 Å². The highest BCUT2D eigenvalue weighted by atomic mass is 16.6. The molecule has 1 aromatic carbocycles. The summed E-state index contributed by atoms with van der Waals surface area (Å²) in [6, 6.07) is 9.51. The van der Waals surface area contributed by atoms with Crippen molar-refractivity contribution in [2.45, 2.75) is 32.9 Å². The number of benzene rings is 1. The Hall–Kier alpha value is -3.95. The number of amides is 1. The molecule has 3 heterocycles. The minimum Gasteiger partial charge on any atom is -0.444 e. The van der Waals surface area contributed by atoms with Crippen LogP contribution >= 0.6 is 0 Å². The van der Waals surface area contributed by atoms with E-state index in [4.69, 9.17) is 15.1 Å². The molecule has 3 aromatic heterocycles. The summed E-state index contributed by atoms with van der Waals surface area (Å²) in [6.45, 7) is 5.81. The lowest BCUT2D eigenvalue weighted by Gasteiger charge is -2.19. The van der Waals surface area contributed by atoms with E-state index in [9.17, 15) is 4.79 Å². The van der Waals surface area contributed by atoms with Crippen molar-refractivity contribution in [2.24, 2.45) is 0 Å². The number of aromatic nitrogens is 5. The molecule has 4 aromatic rings. The smallest absolute Gasteiger partial charge is 0.407 e. The van der Waals surface area contributed by atoms with Crippen LogP contribution in [0.2, 0.25) is 0 Å². The number of rotatable bonds is 4. The number of imidazole rings is 1. The molecule has 0 aliphatic carbocycles. The van der Waals surface area contributed by atoms with Crippen LogP contribution in [-0.4, -0.2) is 36.5 Å². The highest BCUT2D eigenvalue weighted by Gasteiger charge is 2.20. The Bertz CT molecular complexity index is 1190. The van der Waals surface area contributed by atoms with Gasteiger partial charge in [-0.1, -0.05) is 12.1 Å². The molecule has 3 N–H and O–H groups in total. The van der Waals surface area contributed by atoms with Gasteiger partial charge in [0.05, 0.1) is 11.7 Å². The van der Waals surface area contributed by atoms with Crippen LogP contribution in [0.4, 0.5) is 10.6 Å². The molecule has 30 heavy (non-hydrogen) atoms. The van der Waals surface area contributed by atoms with E-state index in [1.165, 1.54) is 0 Å². The van der Waals surface area contributed by atoms with Crippen LogP contribution < -0.4 is 11.1 Å². The number of pyridine rings is 1. The first-order chi connectivity index (χ1) is 14.3. The SMILES string of the molecule is CC(C)(C)OC(=O)NCc1ccc(-n2c(-c3nonc3N)nc3cnccc32)cc1. The zero-order chi connectivity index (χ0) is 21.3. The topological polar surface area (TPSA) is 134 Å². The van der Waals surface area contributed by atoms with Gasteiger partial charge in [-0.2, -0.15) is 0 Å². The number of fused-ring (bicyclic) bond motifs is 1. The molecule has 4 rings (SSSR count). The molecule has 0 fully saturated rings. The van der Waals surface area contributed by atoms with Gasteiger partial charge in [0.1, 0.15) is 11.1 Å². The highest BCUT2D eigenvalue weighted by Crippen LogP contribution is 2.29. The van der Waals surface area contributed by atoms with Crippen molar-refractivity contribution in [3.05, 3.63) is 48.3 Å². The third-order valence-corrected chi connectivity index (χ3v) is 4.21. The molecular weight excluding hydrogens is 386 g/mol. The lowest BCUT2D eigenvalue weighted by atomic mass is 10.2. The summed E-state index contributed by atoms with van der Waals surface area (Å²) >= 11 is 0. The minimum absolute atomic E-state index is 0.151. The zero-order valence-corrected chi connectivity index (χ0v) is 16.8. The van der Waals surface area contributed by atoms with Crippen molar-refractivity contribution < 1.29 is 14.2 Å². The van der Waals surface area contributed by atoms with Crippen molar-refractivity contribution in [1.29, 1.82) is 0 Å². The molecule has 0 aliphatic rings. The highest BCUT2D eigenvalue weighted by molar-refractivity contribution is 5.83. The number of nitrogens with zero attached hydrogens (tertiary/aromatic N) is 5. The molecule has 0 aliphatic heterocycles. The number of nitrogen functional groups attached to an aromatic ring is 1. The van der Waals surface area contributed by atoms with E-state index in [2.05, 4.69) is 25.6 Å². The Morgan fingerprint density at radius 3 is 2.63 bits per heavy atom. The maximum atomic E-state index is 11.9. The zero-order valence-electron chi connectivity index (χ0n) is 16.8. The standard InChI is InChI=1S/C20H21N7O3/c1-20(2,3)29-19(28)23-10-12-4-6-13(7-5-12)27-15-8-9-22-11-14(15)24-18(27)16-17(21)26-30-25-16/h4-9,11H,10H2,1-3H3,(H2,21,26)(H,23,28). The van der Waals surface area contributed by atoms with Gasteiger partial charge < -0.3 is 15.8 Å². The van der Waals surface area contributed by atoms with E-state index >= 15 is 0 Å². The number of alkyl carbamates (subject to hydrolysis) is 1. The van der Waals surface area contributed by atoms with Crippen LogP contribution in [0, 0.1) is 0 Å². The molecule has 0 radical (unpaired) electrons. The molecule has 10 heteroatoms. The number of nitrogens with two attached hydrogens (primary N) is 1. The summed E-state index contributed by atoms with van der Waals surface area (Å²) in [5, 5.41) is 10.3. The quantitative estimate of drug-likeness (QED) is 0.527. The number of carbonyl (C=O) groups is 1. The van der Waals surface area contributed by atoms with Crippen LogP contribution in [0.15, 0.2) is 47.4 Å². The first-order valence-corrected chi connectivity index (χ1v) is 9.29. The molecule has 0 saturated carbocycles. The van der Waals surface area contributed by atoms with Gasteiger partial charge >= 0.3 is 6.09 Å². The fraction of sp³-hybridized carbons (Fsp3) is 0.250. The number of hydrogen-bond acceptors (Lipinski definition) is 8. The van der Waals surface area contributed by atoms with Gasteiger partial charge in [0, 0.05) is 18.4 Å². The predicted octanol–water partition coefficient (Wildman–Crippen LogP) is 3.08.